The van der Waals surface area contributed by atoms with Crippen LogP contribution in [-0.2, 0) is 16.1 Å². The number of hydrogen-bond donors (Lipinski definition) is 1. The molecular weight excluding hydrogens is 362 g/mol. The average Bonchev–Trinajstić information content (AvgIpc) is 3.40. The zero-order valence-corrected chi connectivity index (χ0v) is 16.0. The molecule has 2 saturated heterocycles. The molecule has 4 rings (SSSR count). The van der Waals surface area contributed by atoms with Crippen LogP contribution in [0.15, 0.2) is 18.3 Å². The highest BCUT2D eigenvalue weighted by Gasteiger charge is 2.36. The van der Waals surface area contributed by atoms with Crippen molar-refractivity contribution in [2.24, 2.45) is 5.92 Å². The minimum Gasteiger partial charge on any atom is -0.388 e. The van der Waals surface area contributed by atoms with Gasteiger partial charge in [-0.15, -0.1) is 5.10 Å². The molecule has 1 N–H and O–H groups in total. The Kier molecular flexibility index (Phi) is 5.45. The summed E-state index contributed by atoms with van der Waals surface area (Å²) >= 11 is 0. The number of carbonyl (C=O) groups excluding carboxylic acids is 2. The van der Waals surface area contributed by atoms with Crippen LogP contribution in [0.1, 0.15) is 36.2 Å². The number of morpholine rings is 1. The van der Waals surface area contributed by atoms with Crippen molar-refractivity contribution in [1.82, 2.24) is 24.8 Å². The van der Waals surface area contributed by atoms with Crippen LogP contribution in [0.2, 0.25) is 0 Å². The van der Waals surface area contributed by atoms with Gasteiger partial charge in [-0.1, -0.05) is 17.4 Å². The Balaban J connectivity index is 1.31. The van der Waals surface area contributed by atoms with Gasteiger partial charge in [-0.2, -0.15) is 0 Å². The van der Waals surface area contributed by atoms with Gasteiger partial charge in [-0.05, 0) is 25.7 Å². The second-order valence-electron chi connectivity index (χ2n) is 7.90. The average molecular weight is 389 g/mol. The maximum atomic E-state index is 12.5. The van der Waals surface area contributed by atoms with Gasteiger partial charge >= 0.3 is 0 Å². The molecular formula is C19H27N5O4. The van der Waals surface area contributed by atoms with E-state index < -0.39 is 5.60 Å². The fraction of sp³-hybridized carbons (Fsp3) is 0.684. The maximum absolute atomic E-state index is 12.5. The molecule has 2 amide bonds. The van der Waals surface area contributed by atoms with Gasteiger partial charge in [0.1, 0.15) is 0 Å². The van der Waals surface area contributed by atoms with E-state index in [1.807, 2.05) is 4.90 Å². The molecule has 0 saturated carbocycles. The maximum Gasteiger partial charge on any atom is 0.276 e. The summed E-state index contributed by atoms with van der Waals surface area (Å²) in [4.78, 5) is 28.6. The van der Waals surface area contributed by atoms with Gasteiger partial charge in [0.15, 0.2) is 5.69 Å². The minimum atomic E-state index is -0.947. The van der Waals surface area contributed by atoms with E-state index in [1.54, 1.807) is 11.1 Å². The quantitative estimate of drug-likeness (QED) is 0.732. The summed E-state index contributed by atoms with van der Waals surface area (Å²) in [6.07, 6.45) is 8.33. The Morgan fingerprint density at radius 1 is 1.11 bits per heavy atom. The molecule has 152 valence electrons. The van der Waals surface area contributed by atoms with Crippen molar-refractivity contribution in [2.75, 3.05) is 39.4 Å². The van der Waals surface area contributed by atoms with Crippen LogP contribution in [0.5, 0.6) is 0 Å². The second kappa shape index (κ2) is 8.00. The Hall–Kier alpha value is -2.26. The molecule has 2 fully saturated rings. The van der Waals surface area contributed by atoms with Crippen molar-refractivity contribution in [3.63, 3.8) is 0 Å². The summed E-state index contributed by atoms with van der Waals surface area (Å²) in [5, 5.41) is 18.9. The number of carbonyl (C=O) groups is 2. The van der Waals surface area contributed by atoms with Gasteiger partial charge in [0.05, 0.1) is 31.6 Å². The van der Waals surface area contributed by atoms with Crippen LogP contribution >= 0.6 is 0 Å². The van der Waals surface area contributed by atoms with E-state index in [9.17, 15) is 14.7 Å². The van der Waals surface area contributed by atoms with Crippen molar-refractivity contribution in [2.45, 2.75) is 37.8 Å². The molecule has 1 aromatic heterocycles. The number of rotatable bonds is 4. The van der Waals surface area contributed by atoms with E-state index in [-0.39, 0.29) is 30.0 Å². The molecule has 9 heteroatoms. The molecule has 1 aliphatic carbocycles. The highest BCUT2D eigenvalue weighted by Crippen LogP contribution is 2.27. The minimum absolute atomic E-state index is 0.0651. The largest absolute Gasteiger partial charge is 0.388 e. The Morgan fingerprint density at radius 3 is 2.46 bits per heavy atom. The molecule has 0 aromatic carbocycles. The number of ether oxygens (including phenoxy) is 1. The standard InChI is InChI=1S/C19H27N5O4/c25-17(15-3-1-2-4-15)22-7-5-19(27,6-8-22)14-24-13-16(20-21-24)18(26)23-9-11-28-12-10-23/h1-2,13,15,27H,3-12,14H2. The van der Waals surface area contributed by atoms with Crippen LogP contribution < -0.4 is 0 Å². The lowest BCUT2D eigenvalue weighted by Crippen LogP contribution is -2.50. The van der Waals surface area contributed by atoms with Gasteiger partial charge in [0.25, 0.3) is 5.91 Å². The predicted molar refractivity (Wildman–Crippen MR) is 99.4 cm³/mol. The van der Waals surface area contributed by atoms with Crippen LogP contribution in [-0.4, -0.2) is 86.7 Å². The van der Waals surface area contributed by atoms with E-state index in [4.69, 9.17) is 4.74 Å². The summed E-state index contributed by atoms with van der Waals surface area (Å²) in [5.74, 6) is 0.0913. The second-order valence-corrected chi connectivity index (χ2v) is 7.90. The van der Waals surface area contributed by atoms with Gasteiger partial charge in [-0.3, -0.25) is 9.59 Å². The lowest BCUT2D eigenvalue weighted by Gasteiger charge is -2.38. The number of nitrogens with zero attached hydrogens (tertiary/aromatic N) is 5. The SMILES string of the molecule is O=C(c1cn(CC2(O)CCN(C(=O)C3CC=CC3)CC2)nn1)N1CCOCC1. The molecule has 9 nitrogen and oxygen atoms in total. The predicted octanol–water partition coefficient (Wildman–Crippen LogP) is 0.0702. The summed E-state index contributed by atoms with van der Waals surface area (Å²) in [7, 11) is 0. The van der Waals surface area contributed by atoms with Gasteiger partial charge < -0.3 is 19.6 Å². The number of allylic oxidation sites excluding steroid dienone is 2. The molecule has 0 radical (unpaired) electrons. The molecule has 0 bridgehead atoms. The normalized spacial score (nSPS) is 22.6. The first-order chi connectivity index (χ1) is 13.5. The summed E-state index contributed by atoms with van der Waals surface area (Å²) in [6, 6.07) is 0. The molecule has 28 heavy (non-hydrogen) atoms. The van der Waals surface area contributed by atoms with Crippen molar-refractivity contribution >= 4 is 11.8 Å². The topological polar surface area (TPSA) is 101 Å². The third-order valence-electron chi connectivity index (χ3n) is 5.88. The van der Waals surface area contributed by atoms with Crippen molar-refractivity contribution < 1.29 is 19.4 Å². The van der Waals surface area contributed by atoms with Crippen LogP contribution in [0, 0.1) is 5.92 Å². The molecule has 2 aliphatic heterocycles. The first kappa shape index (κ1) is 19.1. The van der Waals surface area contributed by atoms with E-state index in [0.29, 0.717) is 52.2 Å². The Labute approximate surface area is 163 Å². The highest BCUT2D eigenvalue weighted by molar-refractivity contribution is 5.92. The van der Waals surface area contributed by atoms with E-state index >= 15 is 0 Å². The Morgan fingerprint density at radius 2 is 1.79 bits per heavy atom. The summed E-state index contributed by atoms with van der Waals surface area (Å²) in [5.41, 5.74) is -0.663. The van der Waals surface area contributed by atoms with Crippen molar-refractivity contribution in [3.8, 4) is 0 Å². The number of amides is 2. The third kappa shape index (κ3) is 4.10. The van der Waals surface area contributed by atoms with Crippen molar-refractivity contribution in [1.29, 1.82) is 0 Å². The van der Waals surface area contributed by atoms with E-state index in [1.165, 1.54) is 4.68 Å². The molecule has 3 heterocycles. The van der Waals surface area contributed by atoms with Crippen molar-refractivity contribution in [3.05, 3.63) is 24.0 Å². The number of likely N-dealkylation sites (tertiary alicyclic amines) is 1. The fourth-order valence-electron chi connectivity index (χ4n) is 4.08. The number of hydrogen-bond acceptors (Lipinski definition) is 6. The molecule has 0 spiro atoms. The number of aliphatic hydroxyl groups is 1. The number of piperidine rings is 1. The monoisotopic (exact) mass is 389 g/mol. The highest BCUT2D eigenvalue weighted by atomic mass is 16.5. The van der Waals surface area contributed by atoms with E-state index in [0.717, 1.165) is 12.8 Å². The van der Waals surface area contributed by atoms with Crippen LogP contribution in [0.3, 0.4) is 0 Å². The van der Waals surface area contributed by atoms with Gasteiger partial charge in [-0.25, -0.2) is 4.68 Å². The smallest absolute Gasteiger partial charge is 0.276 e. The third-order valence-corrected chi connectivity index (χ3v) is 5.88. The Bertz CT molecular complexity index is 739. The first-order valence-corrected chi connectivity index (χ1v) is 9.97. The van der Waals surface area contributed by atoms with Gasteiger partial charge in [0.2, 0.25) is 5.91 Å². The first-order valence-electron chi connectivity index (χ1n) is 9.97. The zero-order valence-electron chi connectivity index (χ0n) is 16.0. The summed E-state index contributed by atoms with van der Waals surface area (Å²) in [6.45, 7) is 3.52. The zero-order chi connectivity index (χ0) is 19.6. The lowest BCUT2D eigenvalue weighted by molar-refractivity contribution is -0.139. The van der Waals surface area contributed by atoms with Crippen LogP contribution in [0.25, 0.3) is 0 Å². The molecule has 3 aliphatic rings. The van der Waals surface area contributed by atoms with E-state index in [2.05, 4.69) is 22.5 Å². The molecule has 1 aromatic rings. The summed E-state index contributed by atoms with van der Waals surface area (Å²) < 4.78 is 6.80. The number of aromatic nitrogens is 3. The van der Waals surface area contributed by atoms with Crippen LogP contribution in [0.4, 0.5) is 0 Å². The fourth-order valence-corrected chi connectivity index (χ4v) is 4.08. The lowest BCUT2D eigenvalue weighted by atomic mass is 9.90. The van der Waals surface area contributed by atoms with Gasteiger partial charge in [0, 0.05) is 32.1 Å². The molecule has 0 unspecified atom stereocenters. The molecule has 0 atom stereocenters.